The number of likely N-dealkylation sites (N-methyl/N-ethyl adjacent to an activating group) is 1. The Hall–Kier alpha value is -2.21. The van der Waals surface area contributed by atoms with Gasteiger partial charge in [-0.1, -0.05) is 12.1 Å². The molecular formula is C18H23FN4O. The Balaban J connectivity index is 1.73. The average molecular weight is 330 g/mol. The molecule has 1 aliphatic heterocycles. The molecule has 1 fully saturated rings. The summed E-state index contributed by atoms with van der Waals surface area (Å²) in [6.07, 6.45) is 6.80. The van der Waals surface area contributed by atoms with Crippen molar-refractivity contribution >= 4 is 5.91 Å². The lowest BCUT2D eigenvalue weighted by Crippen LogP contribution is -2.54. The molecule has 0 spiro atoms. The Morgan fingerprint density at radius 1 is 1.25 bits per heavy atom. The van der Waals surface area contributed by atoms with Gasteiger partial charge >= 0.3 is 0 Å². The number of carbonyl (C=O) groups is 1. The van der Waals surface area contributed by atoms with E-state index in [4.69, 9.17) is 0 Å². The third-order valence-electron chi connectivity index (χ3n) is 4.81. The number of imidazole rings is 1. The summed E-state index contributed by atoms with van der Waals surface area (Å²) >= 11 is 0. The number of hydrogen-bond donors (Lipinski definition) is 0. The van der Waals surface area contributed by atoms with Crippen LogP contribution in [0.4, 0.5) is 4.39 Å². The van der Waals surface area contributed by atoms with Gasteiger partial charge in [-0.2, -0.15) is 0 Å². The van der Waals surface area contributed by atoms with Crippen LogP contribution in [0.5, 0.6) is 0 Å². The first-order valence-corrected chi connectivity index (χ1v) is 8.18. The predicted molar refractivity (Wildman–Crippen MR) is 89.8 cm³/mol. The molecule has 1 amide bonds. The molecule has 2 aromatic rings. The van der Waals surface area contributed by atoms with Crippen LogP contribution in [0.1, 0.15) is 18.4 Å². The van der Waals surface area contributed by atoms with Gasteiger partial charge in [-0.15, -0.1) is 0 Å². The van der Waals surface area contributed by atoms with Crippen LogP contribution in [-0.4, -0.2) is 52.4 Å². The number of hydrogen-bond acceptors (Lipinski definition) is 3. The smallest absolute Gasteiger partial charge is 0.248 e. The van der Waals surface area contributed by atoms with Crippen LogP contribution in [0.15, 0.2) is 43.0 Å². The van der Waals surface area contributed by atoms with Gasteiger partial charge in [0.05, 0.1) is 6.33 Å². The van der Waals surface area contributed by atoms with E-state index in [0.29, 0.717) is 0 Å². The molecular weight excluding hydrogens is 307 g/mol. The maximum absolute atomic E-state index is 13.0. The summed E-state index contributed by atoms with van der Waals surface area (Å²) in [5.74, 6) is -0.102. The molecule has 1 saturated heterocycles. The highest BCUT2D eigenvalue weighted by Crippen LogP contribution is 2.32. The first-order chi connectivity index (χ1) is 11.5. The molecule has 1 aliphatic rings. The van der Waals surface area contributed by atoms with Gasteiger partial charge < -0.3 is 9.47 Å². The predicted octanol–water partition coefficient (Wildman–Crippen LogP) is 2.10. The van der Waals surface area contributed by atoms with Crippen LogP contribution < -0.4 is 0 Å². The fraction of sp³-hybridized carbons (Fsp3) is 0.444. The summed E-state index contributed by atoms with van der Waals surface area (Å²) in [7, 11) is 3.60. The number of likely N-dealkylation sites (tertiary alicyclic amines) is 1. The Bertz CT molecular complexity index is 674. The molecule has 1 aromatic heterocycles. The van der Waals surface area contributed by atoms with E-state index in [-0.39, 0.29) is 11.7 Å². The van der Waals surface area contributed by atoms with Crippen molar-refractivity contribution in [2.45, 2.75) is 24.9 Å². The minimum atomic E-state index is -0.556. The van der Waals surface area contributed by atoms with E-state index in [9.17, 15) is 9.18 Å². The molecule has 128 valence electrons. The van der Waals surface area contributed by atoms with Gasteiger partial charge in [-0.05, 0) is 30.5 Å². The zero-order valence-electron chi connectivity index (χ0n) is 14.2. The topological polar surface area (TPSA) is 41.4 Å². The Morgan fingerprint density at radius 2 is 1.92 bits per heavy atom. The summed E-state index contributed by atoms with van der Waals surface area (Å²) in [5, 5.41) is 0. The number of amides is 1. The normalized spacial score (nSPS) is 17.6. The van der Waals surface area contributed by atoms with Crippen LogP contribution in [0.25, 0.3) is 0 Å². The van der Waals surface area contributed by atoms with Gasteiger partial charge in [0.1, 0.15) is 11.4 Å². The maximum Gasteiger partial charge on any atom is 0.248 e. The van der Waals surface area contributed by atoms with Crippen molar-refractivity contribution in [3.63, 3.8) is 0 Å². The Kier molecular flexibility index (Phi) is 4.66. The Morgan fingerprint density at radius 3 is 2.46 bits per heavy atom. The van der Waals surface area contributed by atoms with E-state index >= 15 is 0 Å². The molecule has 0 radical (unpaired) electrons. The SMILES string of the molecule is CN(C)C(=O)C1(n2ccnc2)CCN(Cc2ccc(F)cc2)CC1. The minimum absolute atomic E-state index is 0.113. The standard InChI is InChI=1S/C18H23FN4O/c1-21(2)17(24)18(23-12-9-20-14-23)7-10-22(11-8-18)13-15-3-5-16(19)6-4-15/h3-6,9,12,14H,7-8,10-11,13H2,1-2H3. The quantitative estimate of drug-likeness (QED) is 0.862. The van der Waals surface area contributed by atoms with E-state index in [1.165, 1.54) is 12.1 Å². The average Bonchev–Trinajstić information content (AvgIpc) is 3.12. The molecule has 1 aromatic carbocycles. The molecule has 0 saturated carbocycles. The molecule has 3 rings (SSSR count). The molecule has 5 nitrogen and oxygen atoms in total. The third-order valence-corrected chi connectivity index (χ3v) is 4.81. The number of halogens is 1. The fourth-order valence-corrected chi connectivity index (χ4v) is 3.44. The van der Waals surface area contributed by atoms with Crippen molar-refractivity contribution in [2.75, 3.05) is 27.2 Å². The second kappa shape index (κ2) is 6.73. The highest BCUT2D eigenvalue weighted by molar-refractivity contribution is 5.84. The van der Waals surface area contributed by atoms with Crippen LogP contribution in [0, 0.1) is 5.82 Å². The van der Waals surface area contributed by atoms with Crippen molar-refractivity contribution in [1.29, 1.82) is 0 Å². The Labute approximate surface area is 141 Å². The molecule has 6 heteroatoms. The van der Waals surface area contributed by atoms with Crippen molar-refractivity contribution in [1.82, 2.24) is 19.4 Å². The van der Waals surface area contributed by atoms with E-state index in [2.05, 4.69) is 9.88 Å². The lowest BCUT2D eigenvalue weighted by molar-refractivity contribution is -0.141. The second-order valence-corrected chi connectivity index (χ2v) is 6.60. The van der Waals surface area contributed by atoms with Gasteiger partial charge in [-0.25, -0.2) is 9.37 Å². The minimum Gasteiger partial charge on any atom is -0.347 e. The first-order valence-electron chi connectivity index (χ1n) is 8.18. The van der Waals surface area contributed by atoms with Gasteiger partial charge in [0, 0.05) is 46.1 Å². The highest BCUT2D eigenvalue weighted by Gasteiger charge is 2.43. The third kappa shape index (κ3) is 3.19. The molecule has 0 aliphatic carbocycles. The lowest BCUT2D eigenvalue weighted by atomic mass is 9.85. The summed E-state index contributed by atoms with van der Waals surface area (Å²) in [6, 6.07) is 6.62. The fourth-order valence-electron chi connectivity index (χ4n) is 3.44. The summed E-state index contributed by atoms with van der Waals surface area (Å²) in [4.78, 5) is 20.9. The van der Waals surface area contributed by atoms with E-state index in [1.54, 1.807) is 31.5 Å². The van der Waals surface area contributed by atoms with E-state index in [1.807, 2.05) is 22.9 Å². The zero-order chi connectivity index (χ0) is 17.2. The largest absolute Gasteiger partial charge is 0.347 e. The molecule has 0 atom stereocenters. The second-order valence-electron chi connectivity index (χ2n) is 6.60. The van der Waals surface area contributed by atoms with Crippen molar-refractivity contribution < 1.29 is 9.18 Å². The van der Waals surface area contributed by atoms with Crippen LogP contribution in [0.3, 0.4) is 0 Å². The monoisotopic (exact) mass is 330 g/mol. The van der Waals surface area contributed by atoms with Crippen molar-refractivity contribution in [3.05, 3.63) is 54.4 Å². The van der Waals surface area contributed by atoms with Gasteiger partial charge in [0.15, 0.2) is 0 Å². The number of benzene rings is 1. The number of carbonyl (C=O) groups excluding carboxylic acids is 1. The maximum atomic E-state index is 13.0. The highest BCUT2D eigenvalue weighted by atomic mass is 19.1. The summed E-state index contributed by atoms with van der Waals surface area (Å²) in [6.45, 7) is 2.40. The molecule has 24 heavy (non-hydrogen) atoms. The summed E-state index contributed by atoms with van der Waals surface area (Å²) < 4.78 is 15.0. The number of rotatable bonds is 4. The van der Waals surface area contributed by atoms with Gasteiger partial charge in [0.25, 0.3) is 0 Å². The van der Waals surface area contributed by atoms with E-state index < -0.39 is 5.54 Å². The summed E-state index contributed by atoms with van der Waals surface area (Å²) in [5.41, 5.74) is 0.532. The number of piperidine rings is 1. The zero-order valence-corrected chi connectivity index (χ0v) is 14.2. The first kappa shape index (κ1) is 16.6. The number of nitrogens with zero attached hydrogens (tertiary/aromatic N) is 4. The number of aromatic nitrogens is 2. The van der Waals surface area contributed by atoms with Crippen LogP contribution >= 0.6 is 0 Å². The van der Waals surface area contributed by atoms with Crippen molar-refractivity contribution in [2.24, 2.45) is 0 Å². The molecule has 2 heterocycles. The van der Waals surface area contributed by atoms with Crippen LogP contribution in [0.2, 0.25) is 0 Å². The molecule has 0 N–H and O–H groups in total. The van der Waals surface area contributed by atoms with Crippen molar-refractivity contribution in [3.8, 4) is 0 Å². The lowest BCUT2D eigenvalue weighted by Gasteiger charge is -2.42. The molecule has 0 bridgehead atoms. The van der Waals surface area contributed by atoms with E-state index in [0.717, 1.165) is 38.0 Å². The van der Waals surface area contributed by atoms with Gasteiger partial charge in [0.2, 0.25) is 5.91 Å². The van der Waals surface area contributed by atoms with Gasteiger partial charge in [-0.3, -0.25) is 9.69 Å². The van der Waals surface area contributed by atoms with Crippen LogP contribution in [-0.2, 0) is 16.9 Å². The molecule has 0 unspecified atom stereocenters.